The van der Waals surface area contributed by atoms with Crippen LogP contribution in [0.25, 0.3) is 0 Å². The minimum atomic E-state index is -0.144. The second kappa shape index (κ2) is 5.15. The molecule has 1 saturated heterocycles. The van der Waals surface area contributed by atoms with Gasteiger partial charge in [0.15, 0.2) is 0 Å². The SMILES string of the molecule is COCC#CCN1CCC(O)C1. The Hall–Kier alpha value is -0.560. The molecule has 0 aromatic heterocycles. The van der Waals surface area contributed by atoms with Gasteiger partial charge in [0, 0.05) is 20.2 Å². The van der Waals surface area contributed by atoms with Crippen LogP contribution in [0.3, 0.4) is 0 Å². The van der Waals surface area contributed by atoms with Crippen molar-refractivity contribution >= 4 is 0 Å². The maximum Gasteiger partial charge on any atom is 0.107 e. The smallest absolute Gasteiger partial charge is 0.107 e. The molecular formula is C9H15NO2. The van der Waals surface area contributed by atoms with Crippen LogP contribution in [0.1, 0.15) is 6.42 Å². The van der Waals surface area contributed by atoms with Crippen LogP contribution in [0, 0.1) is 11.8 Å². The minimum Gasteiger partial charge on any atom is -0.392 e. The van der Waals surface area contributed by atoms with E-state index in [-0.39, 0.29) is 6.10 Å². The van der Waals surface area contributed by atoms with E-state index in [1.807, 2.05) is 0 Å². The van der Waals surface area contributed by atoms with Crippen LogP contribution in [0.15, 0.2) is 0 Å². The van der Waals surface area contributed by atoms with Gasteiger partial charge in [0.05, 0.1) is 12.6 Å². The van der Waals surface area contributed by atoms with Gasteiger partial charge in [-0.3, -0.25) is 4.90 Å². The summed E-state index contributed by atoms with van der Waals surface area (Å²) >= 11 is 0. The predicted octanol–water partition coefficient (Wildman–Crippen LogP) is -0.297. The highest BCUT2D eigenvalue weighted by atomic mass is 16.5. The molecule has 3 nitrogen and oxygen atoms in total. The molecule has 0 radical (unpaired) electrons. The summed E-state index contributed by atoms with van der Waals surface area (Å²) in [5, 5.41) is 9.19. The van der Waals surface area contributed by atoms with Crippen LogP contribution < -0.4 is 0 Å². The van der Waals surface area contributed by atoms with Crippen molar-refractivity contribution in [3.05, 3.63) is 0 Å². The highest BCUT2D eigenvalue weighted by Crippen LogP contribution is 2.06. The molecule has 12 heavy (non-hydrogen) atoms. The second-order valence-corrected chi connectivity index (χ2v) is 2.96. The fraction of sp³-hybridized carbons (Fsp3) is 0.778. The van der Waals surface area contributed by atoms with E-state index in [4.69, 9.17) is 4.74 Å². The van der Waals surface area contributed by atoms with Crippen LogP contribution in [-0.4, -0.2) is 49.5 Å². The lowest BCUT2D eigenvalue weighted by molar-refractivity contribution is 0.180. The van der Waals surface area contributed by atoms with Crippen molar-refractivity contribution in [2.75, 3.05) is 33.4 Å². The number of aliphatic hydroxyl groups excluding tert-OH is 1. The Morgan fingerprint density at radius 3 is 3.00 bits per heavy atom. The molecule has 0 spiro atoms. The molecule has 1 aliphatic heterocycles. The third-order valence-electron chi connectivity index (χ3n) is 1.89. The Bertz CT molecular complexity index is 183. The molecule has 1 heterocycles. The molecule has 0 aromatic rings. The van der Waals surface area contributed by atoms with Gasteiger partial charge in [-0.2, -0.15) is 0 Å². The molecule has 0 saturated carbocycles. The van der Waals surface area contributed by atoms with Gasteiger partial charge in [-0.15, -0.1) is 0 Å². The van der Waals surface area contributed by atoms with E-state index in [0.29, 0.717) is 6.61 Å². The Labute approximate surface area is 73.3 Å². The van der Waals surface area contributed by atoms with Crippen molar-refractivity contribution in [3.63, 3.8) is 0 Å². The molecule has 68 valence electrons. The number of ether oxygens (including phenoxy) is 1. The summed E-state index contributed by atoms with van der Waals surface area (Å²) in [6, 6.07) is 0. The van der Waals surface area contributed by atoms with Gasteiger partial charge in [0.1, 0.15) is 6.61 Å². The molecule has 1 rings (SSSR count). The first-order valence-corrected chi connectivity index (χ1v) is 4.18. The van der Waals surface area contributed by atoms with E-state index in [9.17, 15) is 5.11 Å². The average molecular weight is 169 g/mol. The van der Waals surface area contributed by atoms with Crippen LogP contribution in [0.2, 0.25) is 0 Å². The number of aliphatic hydroxyl groups is 1. The lowest BCUT2D eigenvalue weighted by atomic mass is 10.3. The summed E-state index contributed by atoms with van der Waals surface area (Å²) in [5.74, 6) is 5.87. The third-order valence-corrected chi connectivity index (χ3v) is 1.89. The molecule has 1 unspecified atom stereocenters. The maximum absolute atomic E-state index is 9.19. The molecule has 1 N–H and O–H groups in total. The van der Waals surface area contributed by atoms with Gasteiger partial charge >= 0.3 is 0 Å². The van der Waals surface area contributed by atoms with Gasteiger partial charge in [-0.25, -0.2) is 0 Å². The number of likely N-dealkylation sites (tertiary alicyclic amines) is 1. The Balaban J connectivity index is 2.12. The fourth-order valence-corrected chi connectivity index (χ4v) is 1.25. The first-order valence-electron chi connectivity index (χ1n) is 4.18. The zero-order valence-corrected chi connectivity index (χ0v) is 7.42. The van der Waals surface area contributed by atoms with Crippen molar-refractivity contribution in [2.24, 2.45) is 0 Å². The van der Waals surface area contributed by atoms with Crippen molar-refractivity contribution < 1.29 is 9.84 Å². The number of nitrogens with zero attached hydrogens (tertiary/aromatic N) is 1. The lowest BCUT2D eigenvalue weighted by Crippen LogP contribution is -2.22. The van der Waals surface area contributed by atoms with Crippen molar-refractivity contribution in [2.45, 2.75) is 12.5 Å². The second-order valence-electron chi connectivity index (χ2n) is 2.96. The van der Waals surface area contributed by atoms with Gasteiger partial charge in [-0.05, 0) is 6.42 Å². The van der Waals surface area contributed by atoms with E-state index in [1.165, 1.54) is 0 Å². The predicted molar refractivity (Wildman–Crippen MR) is 46.7 cm³/mol. The molecule has 1 aliphatic rings. The van der Waals surface area contributed by atoms with E-state index in [1.54, 1.807) is 7.11 Å². The number of hydrogen-bond acceptors (Lipinski definition) is 3. The van der Waals surface area contributed by atoms with Gasteiger partial charge in [0.25, 0.3) is 0 Å². The summed E-state index contributed by atoms with van der Waals surface area (Å²) in [5.41, 5.74) is 0. The largest absolute Gasteiger partial charge is 0.392 e. The van der Waals surface area contributed by atoms with Crippen LogP contribution >= 0.6 is 0 Å². The first kappa shape index (κ1) is 9.53. The summed E-state index contributed by atoms with van der Waals surface area (Å²) in [4.78, 5) is 2.15. The van der Waals surface area contributed by atoms with Crippen molar-refractivity contribution in [1.29, 1.82) is 0 Å². The molecule has 1 fully saturated rings. The summed E-state index contributed by atoms with van der Waals surface area (Å²) < 4.78 is 4.79. The van der Waals surface area contributed by atoms with E-state index >= 15 is 0 Å². The van der Waals surface area contributed by atoms with Gasteiger partial charge in [-0.1, -0.05) is 11.8 Å². The molecule has 3 heteroatoms. The zero-order valence-electron chi connectivity index (χ0n) is 7.42. The Kier molecular flexibility index (Phi) is 4.09. The number of methoxy groups -OCH3 is 1. The fourth-order valence-electron chi connectivity index (χ4n) is 1.25. The summed E-state index contributed by atoms with van der Waals surface area (Å²) in [6.45, 7) is 2.97. The van der Waals surface area contributed by atoms with Gasteiger partial charge in [0.2, 0.25) is 0 Å². The van der Waals surface area contributed by atoms with Crippen LogP contribution in [0.4, 0.5) is 0 Å². The minimum absolute atomic E-state index is 0.144. The molecular weight excluding hydrogens is 154 g/mol. The van der Waals surface area contributed by atoms with Crippen LogP contribution in [-0.2, 0) is 4.74 Å². The van der Waals surface area contributed by atoms with Crippen molar-refractivity contribution in [3.8, 4) is 11.8 Å². The number of hydrogen-bond donors (Lipinski definition) is 1. The van der Waals surface area contributed by atoms with Crippen molar-refractivity contribution in [1.82, 2.24) is 4.90 Å². The van der Waals surface area contributed by atoms with Crippen LogP contribution in [0.5, 0.6) is 0 Å². The lowest BCUT2D eigenvalue weighted by Gasteiger charge is -2.09. The molecule has 0 amide bonds. The maximum atomic E-state index is 9.19. The zero-order chi connectivity index (χ0) is 8.81. The average Bonchev–Trinajstić information content (AvgIpc) is 2.45. The topological polar surface area (TPSA) is 32.7 Å². The van der Waals surface area contributed by atoms with E-state index < -0.39 is 0 Å². The monoisotopic (exact) mass is 169 g/mol. The normalized spacial score (nSPS) is 23.7. The Morgan fingerprint density at radius 2 is 2.42 bits per heavy atom. The standard InChI is InChI=1S/C9H15NO2/c1-12-7-3-2-5-10-6-4-9(11)8-10/h9,11H,4-8H2,1H3. The first-order chi connectivity index (χ1) is 5.83. The van der Waals surface area contributed by atoms with E-state index in [2.05, 4.69) is 16.7 Å². The highest BCUT2D eigenvalue weighted by Gasteiger charge is 2.18. The molecule has 0 bridgehead atoms. The third kappa shape index (κ3) is 3.22. The summed E-state index contributed by atoms with van der Waals surface area (Å²) in [7, 11) is 1.63. The number of β-amino-alcohol motifs (C(OH)–C–C–N with tert-alkyl or cyclic N) is 1. The Morgan fingerprint density at radius 1 is 1.58 bits per heavy atom. The molecule has 0 aromatic carbocycles. The van der Waals surface area contributed by atoms with E-state index in [0.717, 1.165) is 26.1 Å². The quantitative estimate of drug-likeness (QED) is 0.576. The highest BCUT2D eigenvalue weighted by molar-refractivity contribution is 5.02. The molecule has 0 aliphatic carbocycles. The van der Waals surface area contributed by atoms with Gasteiger partial charge < -0.3 is 9.84 Å². The molecule has 1 atom stereocenters. The number of rotatable bonds is 2. The summed E-state index contributed by atoms with van der Waals surface area (Å²) in [6.07, 6.45) is 0.737.